The van der Waals surface area contributed by atoms with Crippen molar-refractivity contribution in [3.63, 3.8) is 0 Å². The summed E-state index contributed by atoms with van der Waals surface area (Å²) in [6.07, 6.45) is 6.88. The van der Waals surface area contributed by atoms with Crippen molar-refractivity contribution in [3.05, 3.63) is 23.8 Å². The second-order valence-electron chi connectivity index (χ2n) is 3.03. The van der Waals surface area contributed by atoms with Crippen molar-refractivity contribution < 1.29 is 10.2 Å². The Balaban J connectivity index is 2.71. The molecule has 13 heavy (non-hydrogen) atoms. The average Bonchev–Trinajstić information content (AvgIpc) is 2.41. The summed E-state index contributed by atoms with van der Waals surface area (Å²) in [5, 5.41) is 19.3. The van der Waals surface area contributed by atoms with E-state index in [1.807, 2.05) is 12.2 Å². The average molecular weight is 177 g/mol. The van der Waals surface area contributed by atoms with Crippen molar-refractivity contribution in [3.8, 4) is 11.8 Å². The van der Waals surface area contributed by atoms with Crippen molar-refractivity contribution in [1.29, 1.82) is 0 Å². The van der Waals surface area contributed by atoms with Crippen molar-refractivity contribution in [2.24, 2.45) is 0 Å². The summed E-state index contributed by atoms with van der Waals surface area (Å²) in [5.74, 6) is 0.172. The zero-order chi connectivity index (χ0) is 9.42. The molecule has 0 aromatic carbocycles. The van der Waals surface area contributed by atoms with Crippen LogP contribution in [0.5, 0.6) is 11.8 Å². The van der Waals surface area contributed by atoms with Crippen LogP contribution in [-0.4, -0.2) is 14.8 Å². The number of rotatable bonds is 1. The minimum absolute atomic E-state index is 0.0680. The van der Waals surface area contributed by atoms with Crippen LogP contribution in [0, 0.1) is 0 Å². The highest BCUT2D eigenvalue weighted by atomic mass is 16.3. The number of fused-ring (bicyclic) bond motifs is 1. The molecule has 0 radical (unpaired) electrons. The molecule has 0 amide bonds. The van der Waals surface area contributed by atoms with E-state index < -0.39 is 0 Å². The molecule has 0 fully saturated rings. The molecule has 0 unspecified atom stereocenters. The van der Waals surface area contributed by atoms with Crippen molar-refractivity contribution in [2.45, 2.75) is 12.8 Å². The Morgan fingerprint density at radius 2 is 2.15 bits per heavy atom. The molecule has 2 N–H and O–H groups in total. The Hall–Kier alpha value is -1.64. The SMILES string of the molecule is C=Cn1c(O)c2c(c1O)CCC=C2. The van der Waals surface area contributed by atoms with Gasteiger partial charge in [-0.05, 0) is 12.8 Å². The Morgan fingerprint density at radius 3 is 2.77 bits per heavy atom. The van der Waals surface area contributed by atoms with Gasteiger partial charge in [0, 0.05) is 17.3 Å². The smallest absolute Gasteiger partial charge is 0.205 e. The van der Waals surface area contributed by atoms with Crippen molar-refractivity contribution in [1.82, 2.24) is 4.57 Å². The molecule has 68 valence electrons. The third-order valence-corrected chi connectivity index (χ3v) is 2.32. The van der Waals surface area contributed by atoms with E-state index in [4.69, 9.17) is 0 Å². The fourth-order valence-electron chi connectivity index (χ4n) is 1.65. The molecule has 0 saturated carbocycles. The molecule has 2 rings (SSSR count). The van der Waals surface area contributed by atoms with E-state index in [1.165, 1.54) is 10.8 Å². The van der Waals surface area contributed by atoms with E-state index in [9.17, 15) is 10.2 Å². The van der Waals surface area contributed by atoms with Crippen LogP contribution in [0.2, 0.25) is 0 Å². The molecule has 0 aliphatic heterocycles. The number of allylic oxidation sites excluding steroid dienone is 1. The molecule has 3 nitrogen and oxygen atoms in total. The normalized spacial score (nSPS) is 14.2. The van der Waals surface area contributed by atoms with Gasteiger partial charge in [0.15, 0.2) is 0 Å². The van der Waals surface area contributed by atoms with E-state index in [2.05, 4.69) is 6.58 Å². The lowest BCUT2D eigenvalue weighted by molar-refractivity contribution is 0.405. The highest BCUT2D eigenvalue weighted by molar-refractivity contribution is 5.67. The van der Waals surface area contributed by atoms with E-state index in [0.717, 1.165) is 18.4 Å². The molecular formula is C10H11NO2. The summed E-state index contributed by atoms with van der Waals surface area (Å²) in [7, 11) is 0. The van der Waals surface area contributed by atoms with Gasteiger partial charge in [0.25, 0.3) is 0 Å². The lowest BCUT2D eigenvalue weighted by Crippen LogP contribution is -1.89. The van der Waals surface area contributed by atoms with Gasteiger partial charge in [-0.25, -0.2) is 0 Å². The second kappa shape index (κ2) is 2.69. The van der Waals surface area contributed by atoms with Gasteiger partial charge >= 0.3 is 0 Å². The topological polar surface area (TPSA) is 45.4 Å². The first-order valence-electron chi connectivity index (χ1n) is 4.19. The highest BCUT2D eigenvalue weighted by Crippen LogP contribution is 2.37. The molecular weight excluding hydrogens is 166 g/mol. The maximum atomic E-state index is 9.65. The molecule has 1 heterocycles. The standard InChI is InChI=1S/C10H11NO2/c1-2-11-9(12)7-5-3-4-6-8(7)10(11)13/h2-3,5,12-13H,1,4,6H2. The van der Waals surface area contributed by atoms with Crippen LogP contribution in [-0.2, 0) is 6.42 Å². The van der Waals surface area contributed by atoms with Crippen molar-refractivity contribution in [2.75, 3.05) is 0 Å². The molecule has 0 atom stereocenters. The Kier molecular flexibility index (Phi) is 1.65. The van der Waals surface area contributed by atoms with Crippen LogP contribution >= 0.6 is 0 Å². The number of hydrogen-bond donors (Lipinski definition) is 2. The van der Waals surface area contributed by atoms with Crippen molar-refractivity contribution >= 4 is 12.3 Å². The van der Waals surface area contributed by atoms with Gasteiger partial charge in [0.2, 0.25) is 11.8 Å². The zero-order valence-electron chi connectivity index (χ0n) is 7.20. The summed E-state index contributed by atoms with van der Waals surface area (Å²) in [4.78, 5) is 0. The fraction of sp³-hybridized carbons (Fsp3) is 0.200. The van der Waals surface area contributed by atoms with E-state index in [-0.39, 0.29) is 11.8 Å². The maximum Gasteiger partial charge on any atom is 0.205 e. The molecule has 1 aromatic rings. The number of hydrogen-bond acceptors (Lipinski definition) is 2. The molecule has 0 spiro atoms. The molecule has 0 saturated heterocycles. The minimum atomic E-state index is 0.0680. The van der Waals surface area contributed by atoms with Gasteiger partial charge < -0.3 is 10.2 Å². The Morgan fingerprint density at radius 1 is 1.38 bits per heavy atom. The molecule has 0 bridgehead atoms. The third-order valence-electron chi connectivity index (χ3n) is 2.32. The number of nitrogens with zero attached hydrogens (tertiary/aromatic N) is 1. The molecule has 3 heteroatoms. The molecule has 1 aromatic heterocycles. The summed E-state index contributed by atoms with van der Waals surface area (Å²) in [6.45, 7) is 3.51. The summed E-state index contributed by atoms with van der Waals surface area (Å²) in [5.41, 5.74) is 1.52. The summed E-state index contributed by atoms with van der Waals surface area (Å²) >= 11 is 0. The predicted molar refractivity (Wildman–Crippen MR) is 51.5 cm³/mol. The van der Waals surface area contributed by atoms with Crippen LogP contribution in [0.25, 0.3) is 12.3 Å². The predicted octanol–water partition coefficient (Wildman–Crippen LogP) is 1.96. The van der Waals surface area contributed by atoms with Gasteiger partial charge in [-0.2, -0.15) is 0 Å². The Labute approximate surface area is 76.2 Å². The monoisotopic (exact) mass is 177 g/mol. The lowest BCUT2D eigenvalue weighted by Gasteiger charge is -2.03. The van der Waals surface area contributed by atoms with Gasteiger partial charge in [-0.15, -0.1) is 0 Å². The summed E-state index contributed by atoms with van der Waals surface area (Å²) in [6, 6.07) is 0. The maximum absolute atomic E-state index is 9.65. The van der Waals surface area contributed by atoms with Gasteiger partial charge in [-0.3, -0.25) is 4.57 Å². The zero-order valence-corrected chi connectivity index (χ0v) is 7.20. The second-order valence-corrected chi connectivity index (χ2v) is 3.03. The van der Waals surface area contributed by atoms with Gasteiger partial charge in [0.05, 0.1) is 0 Å². The van der Waals surface area contributed by atoms with Crippen LogP contribution in [0.4, 0.5) is 0 Å². The van der Waals surface area contributed by atoms with Gasteiger partial charge in [0.1, 0.15) is 0 Å². The first-order chi connectivity index (χ1) is 6.25. The molecule has 1 aliphatic rings. The van der Waals surface area contributed by atoms with Crippen LogP contribution < -0.4 is 0 Å². The van der Waals surface area contributed by atoms with Crippen LogP contribution in [0.1, 0.15) is 17.5 Å². The first kappa shape index (κ1) is 7.98. The lowest BCUT2D eigenvalue weighted by atomic mass is 10.0. The Bertz CT molecular complexity index is 388. The number of aromatic nitrogens is 1. The first-order valence-corrected chi connectivity index (χ1v) is 4.19. The highest BCUT2D eigenvalue weighted by Gasteiger charge is 2.20. The third kappa shape index (κ3) is 0.967. The van der Waals surface area contributed by atoms with E-state index in [0.29, 0.717) is 5.56 Å². The largest absolute Gasteiger partial charge is 0.494 e. The minimum Gasteiger partial charge on any atom is -0.494 e. The number of aromatic hydroxyl groups is 2. The summed E-state index contributed by atoms with van der Waals surface area (Å²) < 4.78 is 1.29. The van der Waals surface area contributed by atoms with E-state index in [1.54, 1.807) is 0 Å². The van der Waals surface area contributed by atoms with Gasteiger partial charge in [-0.1, -0.05) is 18.7 Å². The van der Waals surface area contributed by atoms with E-state index >= 15 is 0 Å². The van der Waals surface area contributed by atoms with Crippen LogP contribution in [0.15, 0.2) is 12.7 Å². The quantitative estimate of drug-likeness (QED) is 0.688. The van der Waals surface area contributed by atoms with Crippen LogP contribution in [0.3, 0.4) is 0 Å². The molecule has 1 aliphatic carbocycles. The fourth-order valence-corrected chi connectivity index (χ4v) is 1.65.